The molecule has 1 rings (SSSR count). The molecule has 3 N–H and O–H groups in total. The lowest BCUT2D eigenvalue weighted by atomic mass is 9.99. The largest absolute Gasteiger partial charge is 0.449 e. The third-order valence-corrected chi connectivity index (χ3v) is 4.21. The Labute approximate surface area is 112 Å². The van der Waals surface area contributed by atoms with E-state index in [0.717, 1.165) is 4.31 Å². The van der Waals surface area contributed by atoms with Crippen LogP contribution < -0.4 is 10.5 Å². The number of hydrogen-bond acceptors (Lipinski definition) is 5. The zero-order valence-corrected chi connectivity index (χ0v) is 11.6. The van der Waals surface area contributed by atoms with E-state index in [1.807, 2.05) is 0 Å². The molecule has 0 aromatic heterocycles. The summed E-state index contributed by atoms with van der Waals surface area (Å²) >= 11 is 0. The van der Waals surface area contributed by atoms with Crippen molar-refractivity contribution >= 4 is 22.2 Å². The van der Waals surface area contributed by atoms with Gasteiger partial charge in [0.25, 0.3) is 0 Å². The maximum Gasteiger partial charge on any atom is 0.421 e. The second kappa shape index (κ2) is 6.71. The fourth-order valence-corrected chi connectivity index (χ4v) is 2.93. The minimum atomic E-state index is -3.98. The zero-order valence-electron chi connectivity index (χ0n) is 10.8. The average molecular weight is 293 g/mol. The number of amides is 2. The van der Waals surface area contributed by atoms with Gasteiger partial charge >= 0.3 is 16.3 Å². The van der Waals surface area contributed by atoms with E-state index in [2.05, 4.69) is 4.74 Å². The molecule has 0 aliphatic carbocycles. The van der Waals surface area contributed by atoms with Crippen molar-refractivity contribution in [2.45, 2.75) is 26.2 Å². The molecule has 1 fully saturated rings. The van der Waals surface area contributed by atoms with Crippen LogP contribution in [0, 0.1) is 5.92 Å². The normalized spacial score (nSPS) is 20.8. The van der Waals surface area contributed by atoms with Crippen LogP contribution in [0.5, 0.6) is 0 Å². The number of nitrogens with one attached hydrogen (secondary N) is 1. The van der Waals surface area contributed by atoms with Crippen molar-refractivity contribution in [3.8, 4) is 0 Å². The van der Waals surface area contributed by atoms with Gasteiger partial charge in [-0.2, -0.15) is 12.7 Å². The molecule has 110 valence electrons. The van der Waals surface area contributed by atoms with Gasteiger partial charge in [-0.25, -0.2) is 9.52 Å². The molecule has 0 spiro atoms. The Morgan fingerprint density at radius 2 is 2.16 bits per heavy atom. The number of rotatable bonds is 5. The molecule has 0 saturated carbocycles. The Hall–Kier alpha value is -1.35. The Morgan fingerprint density at radius 1 is 1.47 bits per heavy atom. The van der Waals surface area contributed by atoms with E-state index in [9.17, 15) is 18.0 Å². The van der Waals surface area contributed by atoms with Gasteiger partial charge in [0.05, 0.1) is 12.5 Å². The number of hydrogen-bond donors (Lipinski definition) is 2. The SMILES string of the molecule is CCCOC(=O)NS(=O)(=O)N1CCCC(C(N)=O)C1. The predicted molar refractivity (Wildman–Crippen MR) is 67.2 cm³/mol. The molecule has 1 aliphatic rings. The van der Waals surface area contributed by atoms with Gasteiger partial charge in [0.1, 0.15) is 0 Å². The topological polar surface area (TPSA) is 119 Å². The number of nitrogens with two attached hydrogens (primary N) is 1. The van der Waals surface area contributed by atoms with E-state index in [1.165, 1.54) is 0 Å². The Kier molecular flexibility index (Phi) is 5.55. The number of carbonyl (C=O) groups excluding carboxylic acids is 2. The van der Waals surface area contributed by atoms with Gasteiger partial charge in [-0.3, -0.25) is 4.79 Å². The molecule has 0 bridgehead atoms. The highest BCUT2D eigenvalue weighted by atomic mass is 32.2. The molecule has 1 heterocycles. The molecule has 9 heteroatoms. The number of piperidine rings is 1. The molecular formula is C10H19N3O5S. The first-order valence-electron chi connectivity index (χ1n) is 6.10. The summed E-state index contributed by atoms with van der Waals surface area (Å²) in [4.78, 5) is 22.3. The van der Waals surface area contributed by atoms with E-state index in [1.54, 1.807) is 11.6 Å². The summed E-state index contributed by atoms with van der Waals surface area (Å²) in [5.41, 5.74) is 5.17. The highest BCUT2D eigenvalue weighted by Gasteiger charge is 2.32. The molecule has 1 saturated heterocycles. The number of primary amides is 1. The lowest BCUT2D eigenvalue weighted by molar-refractivity contribution is -0.122. The molecule has 19 heavy (non-hydrogen) atoms. The summed E-state index contributed by atoms with van der Waals surface area (Å²) in [5.74, 6) is -1.05. The van der Waals surface area contributed by atoms with Crippen LogP contribution in [0.25, 0.3) is 0 Å². The minimum absolute atomic E-state index is 0.00821. The lowest BCUT2D eigenvalue weighted by Crippen LogP contribution is -2.49. The monoisotopic (exact) mass is 293 g/mol. The highest BCUT2D eigenvalue weighted by molar-refractivity contribution is 7.87. The van der Waals surface area contributed by atoms with Gasteiger partial charge in [-0.15, -0.1) is 0 Å². The molecule has 1 aliphatic heterocycles. The molecule has 8 nitrogen and oxygen atoms in total. The molecular weight excluding hydrogens is 274 g/mol. The van der Waals surface area contributed by atoms with E-state index in [0.29, 0.717) is 19.3 Å². The molecule has 0 aromatic carbocycles. The van der Waals surface area contributed by atoms with Crippen molar-refractivity contribution in [1.29, 1.82) is 0 Å². The van der Waals surface area contributed by atoms with Crippen molar-refractivity contribution in [3.63, 3.8) is 0 Å². The smallest absolute Gasteiger partial charge is 0.421 e. The van der Waals surface area contributed by atoms with Crippen LogP contribution in [0.3, 0.4) is 0 Å². The Bertz CT molecular complexity index is 436. The summed E-state index contributed by atoms with van der Waals surface area (Å²) in [7, 11) is -3.98. The van der Waals surface area contributed by atoms with Gasteiger partial charge in [0, 0.05) is 13.1 Å². The first-order valence-corrected chi connectivity index (χ1v) is 7.54. The maximum absolute atomic E-state index is 11.9. The zero-order chi connectivity index (χ0) is 14.5. The van der Waals surface area contributed by atoms with E-state index >= 15 is 0 Å². The number of ether oxygens (including phenoxy) is 1. The maximum atomic E-state index is 11.9. The predicted octanol–water partition coefficient (Wildman–Crippen LogP) is -0.435. The van der Waals surface area contributed by atoms with Crippen LogP contribution in [0.1, 0.15) is 26.2 Å². The van der Waals surface area contributed by atoms with Crippen molar-refractivity contribution in [3.05, 3.63) is 0 Å². The molecule has 2 amide bonds. The first-order chi connectivity index (χ1) is 8.86. The standard InChI is InChI=1S/C10H19N3O5S/c1-2-6-18-10(15)12-19(16,17)13-5-3-4-8(7-13)9(11)14/h8H,2-7H2,1H3,(H2,11,14)(H,12,15). The molecule has 0 aromatic rings. The summed E-state index contributed by atoms with van der Waals surface area (Å²) in [6.07, 6.45) is 0.671. The van der Waals surface area contributed by atoms with Gasteiger partial charge in [0.15, 0.2) is 0 Å². The Balaban J connectivity index is 2.61. The second-order valence-electron chi connectivity index (χ2n) is 4.34. The van der Waals surface area contributed by atoms with Crippen LogP contribution in [0.4, 0.5) is 4.79 Å². The van der Waals surface area contributed by atoms with Crippen LogP contribution in [-0.4, -0.2) is 44.4 Å². The minimum Gasteiger partial charge on any atom is -0.449 e. The van der Waals surface area contributed by atoms with Crippen molar-refractivity contribution in [1.82, 2.24) is 9.03 Å². The van der Waals surface area contributed by atoms with Crippen molar-refractivity contribution < 1.29 is 22.7 Å². The van der Waals surface area contributed by atoms with E-state index in [-0.39, 0.29) is 19.7 Å². The Morgan fingerprint density at radius 3 is 2.74 bits per heavy atom. The van der Waals surface area contributed by atoms with E-state index in [4.69, 9.17) is 5.73 Å². The van der Waals surface area contributed by atoms with Crippen LogP contribution in [0.15, 0.2) is 0 Å². The van der Waals surface area contributed by atoms with E-state index < -0.39 is 28.1 Å². The van der Waals surface area contributed by atoms with Gasteiger partial charge in [-0.05, 0) is 19.3 Å². The summed E-state index contributed by atoms with van der Waals surface area (Å²) < 4.78 is 31.3. The number of nitrogens with zero attached hydrogens (tertiary/aromatic N) is 1. The second-order valence-corrected chi connectivity index (χ2v) is 6.01. The van der Waals surface area contributed by atoms with Crippen molar-refractivity contribution in [2.24, 2.45) is 11.7 Å². The fraction of sp³-hybridized carbons (Fsp3) is 0.800. The third-order valence-electron chi connectivity index (χ3n) is 2.78. The van der Waals surface area contributed by atoms with Gasteiger partial charge < -0.3 is 10.5 Å². The molecule has 1 unspecified atom stereocenters. The van der Waals surface area contributed by atoms with Crippen molar-refractivity contribution in [2.75, 3.05) is 19.7 Å². The summed E-state index contributed by atoms with van der Waals surface area (Å²) in [6.45, 7) is 2.18. The average Bonchev–Trinajstić information content (AvgIpc) is 2.36. The highest BCUT2D eigenvalue weighted by Crippen LogP contribution is 2.18. The lowest BCUT2D eigenvalue weighted by Gasteiger charge is -2.29. The first kappa shape index (κ1) is 15.7. The fourth-order valence-electron chi connectivity index (χ4n) is 1.79. The molecule has 0 radical (unpaired) electrons. The summed E-state index contributed by atoms with van der Waals surface area (Å²) in [5, 5.41) is 0. The van der Waals surface area contributed by atoms with Crippen LogP contribution in [-0.2, 0) is 19.7 Å². The third kappa shape index (κ3) is 4.67. The van der Waals surface area contributed by atoms with Gasteiger partial charge in [-0.1, -0.05) is 6.92 Å². The van der Waals surface area contributed by atoms with Crippen LogP contribution in [0.2, 0.25) is 0 Å². The number of carbonyl (C=O) groups is 2. The quantitative estimate of drug-likeness (QED) is 0.712. The molecule has 1 atom stereocenters. The summed E-state index contributed by atoms with van der Waals surface area (Å²) in [6, 6.07) is 0. The van der Waals surface area contributed by atoms with Gasteiger partial charge in [0.2, 0.25) is 5.91 Å². The van der Waals surface area contributed by atoms with Crippen LogP contribution >= 0.6 is 0 Å².